The molecule has 0 unspecified atom stereocenters. The molecular weight excluding hydrogens is 448 g/mol. The predicted molar refractivity (Wildman–Crippen MR) is 141 cm³/mol. The number of aromatic amines is 2. The van der Waals surface area contributed by atoms with Crippen LogP contribution in [0.15, 0.2) is 67.5 Å². The molecule has 6 aromatic rings. The van der Waals surface area contributed by atoms with Crippen molar-refractivity contribution >= 4 is 21.9 Å². The Morgan fingerprint density at radius 3 is 2.69 bits per heavy atom. The van der Waals surface area contributed by atoms with Gasteiger partial charge in [-0.2, -0.15) is 5.10 Å². The van der Waals surface area contributed by atoms with Crippen LogP contribution in [0.2, 0.25) is 0 Å². The zero-order chi connectivity index (χ0) is 24.1. The summed E-state index contributed by atoms with van der Waals surface area (Å²) < 4.78 is 2.06. The number of H-pyrrole nitrogens is 2. The Morgan fingerprint density at radius 1 is 0.944 bits per heavy atom. The van der Waals surface area contributed by atoms with Crippen molar-refractivity contribution in [2.24, 2.45) is 0 Å². The third-order valence-electron chi connectivity index (χ3n) is 7.04. The van der Waals surface area contributed by atoms with Crippen LogP contribution in [0.5, 0.6) is 0 Å². The summed E-state index contributed by atoms with van der Waals surface area (Å²) in [6, 6.07) is 12.8. The number of pyridine rings is 2. The largest absolute Gasteiger partial charge is 0.353 e. The average molecular weight is 475 g/mol. The molecule has 0 atom stereocenters. The highest BCUT2D eigenvalue weighted by Gasteiger charge is 2.16. The molecule has 6 heterocycles. The van der Waals surface area contributed by atoms with E-state index in [0.29, 0.717) is 0 Å². The van der Waals surface area contributed by atoms with E-state index >= 15 is 0 Å². The topological polar surface area (TPSA) is 91.3 Å². The first-order valence-electron chi connectivity index (χ1n) is 12.4. The zero-order valence-corrected chi connectivity index (χ0v) is 20.1. The van der Waals surface area contributed by atoms with E-state index in [1.807, 2.05) is 38.0 Å². The second kappa shape index (κ2) is 8.42. The van der Waals surface area contributed by atoms with Gasteiger partial charge in [0.15, 0.2) is 5.65 Å². The van der Waals surface area contributed by atoms with Crippen molar-refractivity contribution in [1.29, 1.82) is 0 Å². The van der Waals surface area contributed by atoms with Crippen molar-refractivity contribution in [1.82, 2.24) is 39.6 Å². The fourth-order valence-corrected chi connectivity index (χ4v) is 5.24. The maximum atomic E-state index is 4.68. The molecule has 2 N–H and O–H groups in total. The van der Waals surface area contributed by atoms with Gasteiger partial charge in [-0.05, 0) is 68.8 Å². The number of aromatic nitrogens is 7. The summed E-state index contributed by atoms with van der Waals surface area (Å²) in [4.78, 5) is 19.6. The summed E-state index contributed by atoms with van der Waals surface area (Å²) in [5.41, 5.74) is 9.01. The van der Waals surface area contributed by atoms with E-state index in [2.05, 4.69) is 76.0 Å². The molecule has 1 fully saturated rings. The van der Waals surface area contributed by atoms with Crippen LogP contribution in [-0.4, -0.2) is 52.7 Å². The minimum absolute atomic E-state index is 0.763. The highest BCUT2D eigenvalue weighted by Crippen LogP contribution is 2.33. The van der Waals surface area contributed by atoms with Gasteiger partial charge in [0.25, 0.3) is 0 Å². The Labute approximate surface area is 208 Å². The van der Waals surface area contributed by atoms with Gasteiger partial charge in [0.1, 0.15) is 5.69 Å². The highest BCUT2D eigenvalue weighted by atomic mass is 15.2. The zero-order valence-electron chi connectivity index (χ0n) is 20.1. The number of nitrogens with zero attached hydrogens (tertiary/aromatic N) is 6. The lowest BCUT2D eigenvalue weighted by atomic mass is 10.1. The smallest absolute Gasteiger partial charge is 0.155 e. The van der Waals surface area contributed by atoms with Gasteiger partial charge in [-0.1, -0.05) is 6.07 Å². The summed E-state index contributed by atoms with van der Waals surface area (Å²) in [5, 5.41) is 9.82. The molecule has 8 heteroatoms. The van der Waals surface area contributed by atoms with E-state index in [9.17, 15) is 0 Å². The van der Waals surface area contributed by atoms with Gasteiger partial charge in [-0.3, -0.25) is 15.0 Å². The number of fused-ring (bicyclic) bond motifs is 2. The Bertz CT molecular complexity index is 1700. The first-order valence-corrected chi connectivity index (χ1v) is 12.4. The number of rotatable bonds is 5. The summed E-state index contributed by atoms with van der Waals surface area (Å²) in [6.45, 7) is 5.28. The monoisotopic (exact) mass is 474 g/mol. The molecule has 1 saturated heterocycles. The molecule has 0 spiro atoms. The van der Waals surface area contributed by atoms with Gasteiger partial charge < -0.3 is 9.55 Å². The van der Waals surface area contributed by atoms with Crippen molar-refractivity contribution in [2.75, 3.05) is 13.1 Å². The summed E-state index contributed by atoms with van der Waals surface area (Å²) in [7, 11) is 0. The van der Waals surface area contributed by atoms with E-state index in [1.54, 1.807) is 0 Å². The van der Waals surface area contributed by atoms with Gasteiger partial charge in [0.2, 0.25) is 0 Å². The molecule has 0 aliphatic carbocycles. The van der Waals surface area contributed by atoms with Gasteiger partial charge in [-0.15, -0.1) is 0 Å². The van der Waals surface area contributed by atoms with Gasteiger partial charge in [0.05, 0.1) is 23.4 Å². The molecule has 0 saturated carbocycles. The maximum absolute atomic E-state index is 4.68. The van der Waals surface area contributed by atoms with E-state index in [1.165, 1.54) is 31.5 Å². The lowest BCUT2D eigenvalue weighted by Crippen LogP contribution is -2.18. The fourth-order valence-electron chi connectivity index (χ4n) is 5.24. The molecular formula is C28H26N8. The van der Waals surface area contributed by atoms with E-state index in [-0.39, 0.29) is 0 Å². The number of aryl methyl sites for hydroxylation is 1. The maximum Gasteiger partial charge on any atom is 0.155 e. The van der Waals surface area contributed by atoms with E-state index in [4.69, 9.17) is 0 Å². The van der Waals surface area contributed by atoms with Crippen LogP contribution in [0.1, 0.15) is 24.1 Å². The van der Waals surface area contributed by atoms with Crippen LogP contribution in [0, 0.1) is 6.92 Å². The second-order valence-electron chi connectivity index (χ2n) is 9.60. The first kappa shape index (κ1) is 21.0. The molecule has 1 aromatic carbocycles. The molecule has 0 radical (unpaired) electrons. The molecule has 1 aliphatic rings. The summed E-state index contributed by atoms with van der Waals surface area (Å²) in [5.74, 6) is 0. The number of imidazole rings is 1. The van der Waals surface area contributed by atoms with E-state index < -0.39 is 0 Å². The quantitative estimate of drug-likeness (QED) is 0.356. The van der Waals surface area contributed by atoms with Crippen molar-refractivity contribution in [3.63, 3.8) is 0 Å². The second-order valence-corrected chi connectivity index (χ2v) is 9.60. The lowest BCUT2D eigenvalue weighted by molar-refractivity contribution is 0.331. The Balaban J connectivity index is 1.28. The molecule has 8 nitrogen and oxygen atoms in total. The summed E-state index contributed by atoms with van der Waals surface area (Å²) in [6.07, 6.45) is 12.2. The normalized spacial score (nSPS) is 14.4. The van der Waals surface area contributed by atoms with Crippen molar-refractivity contribution in [2.45, 2.75) is 26.3 Å². The number of likely N-dealkylation sites (tertiary alicyclic amines) is 1. The Kier molecular flexibility index (Phi) is 4.92. The highest BCUT2D eigenvalue weighted by molar-refractivity contribution is 5.98. The van der Waals surface area contributed by atoms with Crippen LogP contribution in [0.3, 0.4) is 0 Å². The molecule has 5 aromatic heterocycles. The predicted octanol–water partition coefficient (Wildman–Crippen LogP) is 5.26. The number of nitrogens with one attached hydrogen (secondary N) is 2. The fraction of sp³-hybridized carbons (Fsp3) is 0.214. The lowest BCUT2D eigenvalue weighted by Gasteiger charge is -2.14. The number of hydrogen-bond donors (Lipinski definition) is 2. The van der Waals surface area contributed by atoms with Crippen molar-refractivity contribution in [3.05, 3.63) is 78.8 Å². The van der Waals surface area contributed by atoms with Gasteiger partial charge in [-0.25, -0.2) is 9.97 Å². The molecule has 36 heavy (non-hydrogen) atoms. The SMILES string of the molecule is Cc1cn(-c2cccc3[nH]c(-c4n[nH]c5ncc(-c6cncc(CN7CCCC7)c6)cc45)cc23)cn1. The van der Waals surface area contributed by atoms with Crippen molar-refractivity contribution in [3.8, 4) is 28.2 Å². The third-order valence-corrected chi connectivity index (χ3v) is 7.04. The number of benzene rings is 1. The summed E-state index contributed by atoms with van der Waals surface area (Å²) >= 11 is 0. The van der Waals surface area contributed by atoms with Crippen LogP contribution in [-0.2, 0) is 6.54 Å². The molecule has 0 amide bonds. The Hall–Kier alpha value is -4.30. The average Bonchev–Trinajstić information content (AvgIpc) is 3.70. The Morgan fingerprint density at radius 2 is 1.83 bits per heavy atom. The minimum atomic E-state index is 0.763. The van der Waals surface area contributed by atoms with Crippen LogP contribution < -0.4 is 0 Å². The van der Waals surface area contributed by atoms with Gasteiger partial charge >= 0.3 is 0 Å². The molecule has 0 bridgehead atoms. The molecule has 178 valence electrons. The van der Waals surface area contributed by atoms with Crippen LogP contribution >= 0.6 is 0 Å². The molecule has 7 rings (SSSR count). The first-order chi connectivity index (χ1) is 17.7. The number of hydrogen-bond acceptors (Lipinski definition) is 5. The van der Waals surface area contributed by atoms with Crippen molar-refractivity contribution < 1.29 is 0 Å². The minimum Gasteiger partial charge on any atom is -0.353 e. The van der Waals surface area contributed by atoms with Crippen LogP contribution in [0.25, 0.3) is 50.1 Å². The van der Waals surface area contributed by atoms with E-state index in [0.717, 1.165) is 62.4 Å². The third kappa shape index (κ3) is 3.67. The van der Waals surface area contributed by atoms with Crippen LogP contribution in [0.4, 0.5) is 0 Å². The van der Waals surface area contributed by atoms with Gasteiger partial charge in [0, 0.05) is 58.7 Å². The standard InChI is InChI=1S/C28H26N8/c1-18-15-36(17-31-18)26-6-4-5-24-22(26)11-25(32-24)27-23-10-21(14-30-28(23)34-33-27)20-9-19(12-29-13-20)16-35-7-2-3-8-35/h4-6,9-15,17,32H,2-3,7-8,16H2,1H3,(H,30,33,34). The molecule has 1 aliphatic heterocycles.